The van der Waals surface area contributed by atoms with Gasteiger partial charge in [-0.2, -0.15) is 0 Å². The molecular formula is C28H26N2O4. The van der Waals surface area contributed by atoms with Crippen LogP contribution in [-0.2, 0) is 11.2 Å². The molecule has 2 aliphatic heterocycles. The zero-order valence-electron chi connectivity index (χ0n) is 19.2. The average Bonchev–Trinajstić information content (AvgIpc) is 3.48. The maximum absolute atomic E-state index is 11.1. The van der Waals surface area contributed by atoms with Gasteiger partial charge in [-0.3, -0.25) is 9.36 Å². The van der Waals surface area contributed by atoms with Crippen molar-refractivity contribution in [2.45, 2.75) is 38.5 Å². The van der Waals surface area contributed by atoms with E-state index in [-0.39, 0.29) is 18.3 Å². The first-order chi connectivity index (χ1) is 16.5. The number of nitrogens with zero attached hydrogens (tertiary/aromatic N) is 2. The highest BCUT2D eigenvalue weighted by atomic mass is 16.5. The Hall–Kier alpha value is -3.80. The molecule has 0 spiro atoms. The molecule has 6 heteroatoms. The molecule has 2 atom stereocenters. The molecule has 34 heavy (non-hydrogen) atoms. The van der Waals surface area contributed by atoms with Crippen LogP contribution < -0.4 is 9.47 Å². The molecule has 3 aromatic carbocycles. The molecule has 0 saturated heterocycles. The van der Waals surface area contributed by atoms with E-state index in [2.05, 4.69) is 60.0 Å². The largest absolute Gasteiger partial charge is 0.493 e. The molecule has 2 aliphatic rings. The number of para-hydroxylation sites is 1. The number of carbonyl (C=O) groups is 1. The molecule has 6 rings (SSSR count). The third-order valence-electron chi connectivity index (χ3n) is 6.97. The molecule has 0 amide bonds. The molecule has 4 aromatic rings. The van der Waals surface area contributed by atoms with Gasteiger partial charge in [0.05, 0.1) is 36.4 Å². The molecule has 1 N–H and O–H groups in total. The first-order valence-electron chi connectivity index (χ1n) is 11.7. The van der Waals surface area contributed by atoms with Gasteiger partial charge in [0, 0.05) is 23.0 Å². The second-order valence-corrected chi connectivity index (χ2v) is 9.37. The van der Waals surface area contributed by atoms with Crippen molar-refractivity contribution >= 4 is 17.0 Å². The van der Waals surface area contributed by atoms with Crippen molar-refractivity contribution in [3.8, 4) is 17.2 Å². The summed E-state index contributed by atoms with van der Waals surface area (Å²) < 4.78 is 14.3. The second kappa shape index (κ2) is 7.90. The SMILES string of the molecule is Cc1ccc2c(c1)nc(C)n2-c1cccc2c1OCC2Cc1ccc2c(c1)OC[C@H]2CC(=O)O. The number of aryl methyl sites for hydroxylation is 2. The molecule has 0 bridgehead atoms. The number of hydrogen-bond donors (Lipinski definition) is 1. The molecule has 0 fully saturated rings. The van der Waals surface area contributed by atoms with Gasteiger partial charge in [0.25, 0.3) is 0 Å². The third kappa shape index (κ3) is 3.41. The van der Waals surface area contributed by atoms with Crippen LogP contribution in [0.2, 0.25) is 0 Å². The van der Waals surface area contributed by atoms with E-state index >= 15 is 0 Å². The summed E-state index contributed by atoms with van der Waals surface area (Å²) in [5.74, 6) is 2.05. The molecule has 0 radical (unpaired) electrons. The first kappa shape index (κ1) is 20.8. The van der Waals surface area contributed by atoms with Crippen LogP contribution >= 0.6 is 0 Å². The first-order valence-corrected chi connectivity index (χ1v) is 11.7. The van der Waals surface area contributed by atoms with E-state index in [9.17, 15) is 4.79 Å². The summed E-state index contributed by atoms with van der Waals surface area (Å²) in [4.78, 5) is 15.9. The summed E-state index contributed by atoms with van der Waals surface area (Å²) in [6.07, 6.45) is 0.931. The summed E-state index contributed by atoms with van der Waals surface area (Å²) in [5.41, 5.74) is 7.66. The molecule has 0 aliphatic carbocycles. The predicted molar refractivity (Wildman–Crippen MR) is 129 cm³/mol. The Morgan fingerprint density at radius 2 is 1.88 bits per heavy atom. The lowest BCUT2D eigenvalue weighted by atomic mass is 9.91. The number of aromatic nitrogens is 2. The van der Waals surface area contributed by atoms with Gasteiger partial charge < -0.3 is 14.6 Å². The highest BCUT2D eigenvalue weighted by molar-refractivity contribution is 5.80. The molecule has 172 valence electrons. The predicted octanol–water partition coefficient (Wildman–Crippen LogP) is 5.31. The van der Waals surface area contributed by atoms with E-state index in [4.69, 9.17) is 19.6 Å². The van der Waals surface area contributed by atoms with Crippen LogP contribution in [0.25, 0.3) is 16.7 Å². The van der Waals surface area contributed by atoms with Gasteiger partial charge in [-0.05, 0) is 55.7 Å². The van der Waals surface area contributed by atoms with Gasteiger partial charge in [0.1, 0.15) is 17.3 Å². The molecule has 1 unspecified atom stereocenters. The van der Waals surface area contributed by atoms with Crippen molar-refractivity contribution in [1.29, 1.82) is 0 Å². The summed E-state index contributed by atoms with van der Waals surface area (Å²) in [6, 6.07) is 18.9. The van der Waals surface area contributed by atoms with Crippen molar-refractivity contribution in [3.05, 3.63) is 82.7 Å². The van der Waals surface area contributed by atoms with E-state index in [0.29, 0.717) is 13.2 Å². The van der Waals surface area contributed by atoms with Crippen molar-refractivity contribution in [2.24, 2.45) is 0 Å². The number of aliphatic carboxylic acids is 1. The second-order valence-electron chi connectivity index (χ2n) is 9.37. The highest BCUT2D eigenvalue weighted by Gasteiger charge is 2.30. The molecule has 3 heterocycles. The fourth-order valence-corrected chi connectivity index (χ4v) is 5.37. The summed E-state index contributed by atoms with van der Waals surface area (Å²) >= 11 is 0. The van der Waals surface area contributed by atoms with E-state index in [0.717, 1.165) is 46.0 Å². The number of carboxylic acids is 1. The lowest BCUT2D eigenvalue weighted by Crippen LogP contribution is -2.07. The quantitative estimate of drug-likeness (QED) is 0.442. The summed E-state index contributed by atoms with van der Waals surface area (Å²) in [7, 11) is 0. The van der Waals surface area contributed by atoms with Crippen LogP contribution in [0.15, 0.2) is 54.6 Å². The Kier molecular flexibility index (Phi) is 4.83. The average molecular weight is 455 g/mol. The molecular weight excluding hydrogens is 428 g/mol. The van der Waals surface area contributed by atoms with Crippen LogP contribution in [0.3, 0.4) is 0 Å². The lowest BCUT2D eigenvalue weighted by molar-refractivity contribution is -0.137. The fourth-order valence-electron chi connectivity index (χ4n) is 5.37. The van der Waals surface area contributed by atoms with Gasteiger partial charge in [-0.25, -0.2) is 4.98 Å². The van der Waals surface area contributed by atoms with Gasteiger partial charge in [0.15, 0.2) is 0 Å². The lowest BCUT2D eigenvalue weighted by Gasteiger charge is -2.13. The van der Waals surface area contributed by atoms with Crippen molar-refractivity contribution in [1.82, 2.24) is 9.55 Å². The van der Waals surface area contributed by atoms with Gasteiger partial charge in [-0.15, -0.1) is 0 Å². The van der Waals surface area contributed by atoms with Crippen molar-refractivity contribution in [3.63, 3.8) is 0 Å². The number of ether oxygens (including phenoxy) is 2. The smallest absolute Gasteiger partial charge is 0.304 e. The van der Waals surface area contributed by atoms with E-state index in [1.165, 1.54) is 16.7 Å². The Morgan fingerprint density at radius 1 is 1.03 bits per heavy atom. The minimum Gasteiger partial charge on any atom is -0.493 e. The van der Waals surface area contributed by atoms with Gasteiger partial charge in [-0.1, -0.05) is 30.3 Å². The standard InChI is InChI=1S/C28H26N2O4/c1-16-6-9-24-23(10-16)29-17(2)30(24)25-5-3-4-22-19(15-34-28(22)25)11-18-7-8-21-20(13-27(31)32)14-33-26(21)12-18/h3-10,12,19-20H,11,13-15H2,1-2H3,(H,31,32)/t19?,20-/m1/s1. The van der Waals surface area contributed by atoms with Crippen LogP contribution in [-0.4, -0.2) is 33.8 Å². The number of carboxylic acid groups (broad SMARTS) is 1. The molecule has 1 aromatic heterocycles. The minimum atomic E-state index is -0.794. The van der Waals surface area contributed by atoms with E-state index in [1.54, 1.807) is 0 Å². The zero-order chi connectivity index (χ0) is 23.4. The number of fused-ring (bicyclic) bond motifs is 3. The monoisotopic (exact) mass is 454 g/mol. The maximum Gasteiger partial charge on any atom is 0.304 e. The fraction of sp³-hybridized carbons (Fsp3) is 0.286. The number of rotatable bonds is 5. The third-order valence-corrected chi connectivity index (χ3v) is 6.97. The van der Waals surface area contributed by atoms with Crippen LogP contribution in [0.5, 0.6) is 11.5 Å². The summed E-state index contributed by atoms with van der Waals surface area (Å²) in [6.45, 7) is 5.17. The molecule has 6 nitrogen and oxygen atoms in total. The number of hydrogen-bond acceptors (Lipinski definition) is 4. The number of imidazole rings is 1. The van der Waals surface area contributed by atoms with Gasteiger partial charge in [0.2, 0.25) is 0 Å². The Balaban J connectivity index is 1.31. The Labute approximate surface area is 197 Å². The highest BCUT2D eigenvalue weighted by Crippen LogP contribution is 2.43. The van der Waals surface area contributed by atoms with Crippen LogP contribution in [0.4, 0.5) is 0 Å². The summed E-state index contributed by atoms with van der Waals surface area (Å²) in [5, 5.41) is 9.14. The maximum atomic E-state index is 11.1. The topological polar surface area (TPSA) is 73.6 Å². The Bertz CT molecular complexity index is 1440. The minimum absolute atomic E-state index is 0.0725. The van der Waals surface area contributed by atoms with Crippen LogP contribution in [0.1, 0.15) is 46.3 Å². The van der Waals surface area contributed by atoms with E-state index < -0.39 is 5.97 Å². The normalized spacial score (nSPS) is 18.4. The van der Waals surface area contributed by atoms with Crippen molar-refractivity contribution < 1.29 is 19.4 Å². The number of benzene rings is 3. The Morgan fingerprint density at radius 3 is 2.74 bits per heavy atom. The van der Waals surface area contributed by atoms with Gasteiger partial charge >= 0.3 is 5.97 Å². The van der Waals surface area contributed by atoms with Crippen LogP contribution in [0, 0.1) is 13.8 Å². The van der Waals surface area contributed by atoms with Crippen molar-refractivity contribution in [2.75, 3.05) is 13.2 Å². The van der Waals surface area contributed by atoms with E-state index in [1.807, 2.05) is 13.0 Å². The molecule has 0 saturated carbocycles. The zero-order valence-corrected chi connectivity index (χ0v) is 19.2.